The monoisotopic (exact) mass is 442 g/mol. The minimum Gasteiger partial charge on any atom is -0.497 e. The van der Waals surface area contributed by atoms with Gasteiger partial charge in [0.2, 0.25) is 0 Å². The van der Waals surface area contributed by atoms with Gasteiger partial charge in [-0.1, -0.05) is 44.0 Å². The lowest BCUT2D eigenvalue weighted by molar-refractivity contribution is 0.330. The van der Waals surface area contributed by atoms with Crippen molar-refractivity contribution in [1.82, 2.24) is 35.0 Å². The van der Waals surface area contributed by atoms with Gasteiger partial charge in [0.15, 0.2) is 16.8 Å². The van der Waals surface area contributed by atoms with Gasteiger partial charge in [-0.05, 0) is 41.8 Å². The zero-order valence-electron chi connectivity index (χ0n) is 18.2. The predicted octanol–water partition coefficient (Wildman–Crippen LogP) is 4.09. The molecule has 0 unspecified atom stereocenters. The van der Waals surface area contributed by atoms with Crippen LogP contribution >= 0.6 is 11.8 Å². The summed E-state index contributed by atoms with van der Waals surface area (Å²) >= 11 is 1.67. The Balaban J connectivity index is 1.51. The van der Waals surface area contributed by atoms with Crippen LogP contribution < -0.4 is 10.1 Å². The maximum absolute atomic E-state index is 5.33. The summed E-state index contributed by atoms with van der Waals surface area (Å²) in [6, 6.07) is 8.39. The number of methoxy groups -OCH3 is 1. The van der Waals surface area contributed by atoms with Crippen LogP contribution in [0, 0.1) is 0 Å². The molecular formula is C21H30N8OS. The molecule has 1 fully saturated rings. The van der Waals surface area contributed by atoms with E-state index in [2.05, 4.69) is 42.5 Å². The number of tetrazole rings is 1. The van der Waals surface area contributed by atoms with Gasteiger partial charge in [0, 0.05) is 24.3 Å². The largest absolute Gasteiger partial charge is 0.497 e. The summed E-state index contributed by atoms with van der Waals surface area (Å²) in [7, 11) is 1.68. The Kier molecular flexibility index (Phi) is 7.39. The normalized spacial score (nSPS) is 14.6. The number of aromatic nitrogens is 7. The molecule has 0 bridgehead atoms. The van der Waals surface area contributed by atoms with Gasteiger partial charge in [-0.2, -0.15) is 0 Å². The van der Waals surface area contributed by atoms with Gasteiger partial charge in [-0.15, -0.1) is 15.3 Å². The van der Waals surface area contributed by atoms with Crippen LogP contribution in [0.15, 0.2) is 29.4 Å². The van der Waals surface area contributed by atoms with Crippen molar-refractivity contribution in [2.45, 2.75) is 75.5 Å². The molecule has 10 heteroatoms. The van der Waals surface area contributed by atoms with Crippen molar-refractivity contribution in [3.63, 3.8) is 0 Å². The Morgan fingerprint density at radius 3 is 2.81 bits per heavy atom. The molecule has 0 saturated heterocycles. The lowest BCUT2D eigenvalue weighted by atomic mass is 9.95. The number of benzene rings is 1. The maximum atomic E-state index is 5.33. The molecule has 1 aliphatic rings. The van der Waals surface area contributed by atoms with Crippen molar-refractivity contribution in [2.24, 2.45) is 0 Å². The standard InChI is InChI=1S/C21H30N8OS/c1-3-12-28-20(24-26-27-28)15-31-21-25-23-19(29(21)17-9-5-4-6-10-17)14-22-16-8-7-11-18(13-16)30-2/h7-8,11,13,17,22H,3-6,9-10,12,14-15H2,1-2H3. The number of ether oxygens (including phenoxy) is 1. The van der Waals surface area contributed by atoms with E-state index in [4.69, 9.17) is 4.74 Å². The fourth-order valence-corrected chi connectivity index (χ4v) is 4.94. The highest BCUT2D eigenvalue weighted by molar-refractivity contribution is 7.98. The number of hydrogen-bond acceptors (Lipinski definition) is 8. The average Bonchev–Trinajstić information content (AvgIpc) is 3.43. The average molecular weight is 443 g/mol. The first-order valence-electron chi connectivity index (χ1n) is 11.0. The van der Waals surface area contributed by atoms with E-state index in [0.717, 1.165) is 41.2 Å². The molecule has 0 amide bonds. The molecule has 31 heavy (non-hydrogen) atoms. The molecule has 2 heterocycles. The first kappa shape index (κ1) is 21.6. The van der Waals surface area contributed by atoms with E-state index >= 15 is 0 Å². The number of anilines is 1. The highest BCUT2D eigenvalue weighted by Crippen LogP contribution is 2.33. The molecule has 0 aliphatic heterocycles. The lowest BCUT2D eigenvalue weighted by Crippen LogP contribution is -2.18. The molecule has 3 aromatic rings. The third kappa shape index (κ3) is 5.36. The second-order valence-electron chi connectivity index (χ2n) is 7.75. The highest BCUT2D eigenvalue weighted by Gasteiger charge is 2.23. The number of nitrogens with one attached hydrogen (secondary N) is 1. The van der Waals surface area contributed by atoms with Crippen molar-refractivity contribution < 1.29 is 4.74 Å². The van der Waals surface area contributed by atoms with E-state index in [0.29, 0.717) is 18.3 Å². The third-order valence-electron chi connectivity index (χ3n) is 5.57. The molecule has 0 atom stereocenters. The Morgan fingerprint density at radius 2 is 2.00 bits per heavy atom. The predicted molar refractivity (Wildman–Crippen MR) is 120 cm³/mol. The van der Waals surface area contributed by atoms with Gasteiger partial charge in [-0.3, -0.25) is 0 Å². The molecule has 1 aliphatic carbocycles. The molecule has 0 radical (unpaired) electrons. The molecule has 1 saturated carbocycles. The van der Waals surface area contributed by atoms with E-state index in [9.17, 15) is 0 Å². The van der Waals surface area contributed by atoms with Gasteiger partial charge in [0.1, 0.15) is 5.75 Å². The van der Waals surface area contributed by atoms with E-state index in [1.54, 1.807) is 18.9 Å². The molecule has 1 N–H and O–H groups in total. The Bertz CT molecular complexity index is 966. The first-order valence-corrected chi connectivity index (χ1v) is 12.0. The smallest absolute Gasteiger partial charge is 0.191 e. The van der Waals surface area contributed by atoms with Crippen LogP contribution in [-0.2, 0) is 18.8 Å². The van der Waals surface area contributed by atoms with Gasteiger partial charge in [-0.25, -0.2) is 4.68 Å². The van der Waals surface area contributed by atoms with Crippen molar-refractivity contribution in [1.29, 1.82) is 0 Å². The van der Waals surface area contributed by atoms with Crippen LogP contribution in [0.5, 0.6) is 5.75 Å². The van der Waals surface area contributed by atoms with Crippen LogP contribution in [0.4, 0.5) is 5.69 Å². The third-order valence-corrected chi connectivity index (χ3v) is 6.51. The molecule has 166 valence electrons. The van der Waals surface area contributed by atoms with Crippen LogP contribution in [0.1, 0.15) is 63.1 Å². The van der Waals surface area contributed by atoms with Crippen LogP contribution in [0.25, 0.3) is 0 Å². The van der Waals surface area contributed by atoms with E-state index < -0.39 is 0 Å². The SMILES string of the molecule is CCCn1nnnc1CSc1nnc(CNc2cccc(OC)c2)n1C1CCCCC1. The zero-order valence-corrected chi connectivity index (χ0v) is 19.0. The van der Waals surface area contributed by atoms with Crippen LogP contribution in [0.2, 0.25) is 0 Å². The number of nitrogens with zero attached hydrogens (tertiary/aromatic N) is 7. The minimum absolute atomic E-state index is 0.444. The summed E-state index contributed by atoms with van der Waals surface area (Å²) < 4.78 is 9.54. The quantitative estimate of drug-likeness (QED) is 0.469. The number of thioether (sulfide) groups is 1. The van der Waals surface area contributed by atoms with Crippen LogP contribution in [-0.4, -0.2) is 42.1 Å². The Morgan fingerprint density at radius 1 is 1.13 bits per heavy atom. The van der Waals surface area contributed by atoms with Crippen molar-refractivity contribution in [2.75, 3.05) is 12.4 Å². The number of aryl methyl sites for hydroxylation is 1. The Hall–Kier alpha value is -2.62. The maximum Gasteiger partial charge on any atom is 0.191 e. The fourth-order valence-electron chi connectivity index (χ4n) is 3.99. The van der Waals surface area contributed by atoms with E-state index in [1.165, 1.54) is 32.1 Å². The molecule has 1 aromatic carbocycles. The minimum atomic E-state index is 0.444. The molecular weight excluding hydrogens is 412 g/mol. The number of rotatable bonds is 10. The summed E-state index contributed by atoms with van der Waals surface area (Å²) in [6.07, 6.45) is 7.16. The van der Waals surface area contributed by atoms with Crippen LogP contribution in [0.3, 0.4) is 0 Å². The van der Waals surface area contributed by atoms with Crippen molar-refractivity contribution >= 4 is 17.4 Å². The first-order chi connectivity index (χ1) is 15.3. The molecule has 2 aromatic heterocycles. The van der Waals surface area contributed by atoms with Crippen molar-refractivity contribution in [3.05, 3.63) is 35.9 Å². The molecule has 4 rings (SSSR count). The van der Waals surface area contributed by atoms with Gasteiger partial charge in [0.05, 0.1) is 19.4 Å². The zero-order chi connectivity index (χ0) is 21.5. The highest BCUT2D eigenvalue weighted by atomic mass is 32.2. The second kappa shape index (κ2) is 10.6. The fraction of sp³-hybridized carbons (Fsp3) is 0.571. The summed E-state index contributed by atoms with van der Waals surface area (Å²) in [6.45, 7) is 3.57. The van der Waals surface area contributed by atoms with Crippen molar-refractivity contribution in [3.8, 4) is 5.75 Å². The van der Waals surface area contributed by atoms with E-state index in [1.807, 2.05) is 28.9 Å². The number of hydrogen-bond donors (Lipinski definition) is 1. The van der Waals surface area contributed by atoms with Gasteiger partial charge in [0.25, 0.3) is 0 Å². The summed E-state index contributed by atoms with van der Waals surface area (Å²) in [4.78, 5) is 0. The second-order valence-corrected chi connectivity index (χ2v) is 8.70. The van der Waals surface area contributed by atoms with Gasteiger partial charge < -0.3 is 14.6 Å². The summed E-state index contributed by atoms with van der Waals surface area (Å²) in [5.74, 6) is 3.35. The lowest BCUT2D eigenvalue weighted by Gasteiger charge is -2.25. The molecule has 9 nitrogen and oxygen atoms in total. The summed E-state index contributed by atoms with van der Waals surface area (Å²) in [5.41, 5.74) is 1.01. The Labute approximate surface area is 187 Å². The topological polar surface area (TPSA) is 95.6 Å². The van der Waals surface area contributed by atoms with Gasteiger partial charge >= 0.3 is 0 Å². The van der Waals surface area contributed by atoms with E-state index in [-0.39, 0.29) is 0 Å². The summed E-state index contributed by atoms with van der Waals surface area (Å²) in [5, 5.41) is 25.6. The molecule has 0 spiro atoms.